The molecule has 0 saturated carbocycles. The third kappa shape index (κ3) is 2.65. The highest BCUT2D eigenvalue weighted by atomic mass is 16.1. The molecule has 1 amide bonds. The quantitative estimate of drug-likeness (QED) is 0.772. The van der Waals surface area contributed by atoms with Crippen LogP contribution in [0.25, 0.3) is 0 Å². The Morgan fingerprint density at radius 1 is 1.50 bits per heavy atom. The van der Waals surface area contributed by atoms with Crippen molar-refractivity contribution >= 4 is 11.6 Å². The summed E-state index contributed by atoms with van der Waals surface area (Å²) in [4.78, 5) is 11.9. The summed E-state index contributed by atoms with van der Waals surface area (Å²) in [6.45, 7) is 2.92. The standard InChI is InChI=1S/C12H15N5O/c1-9-10(3-2-4-11(9)13)12(18)14-5-7-17-8-6-15-16-17/h2-4,6,8H,5,7,13H2,1H3,(H,14,18). The maximum absolute atomic E-state index is 11.9. The summed E-state index contributed by atoms with van der Waals surface area (Å²) >= 11 is 0. The lowest BCUT2D eigenvalue weighted by atomic mass is 10.1. The van der Waals surface area contributed by atoms with E-state index in [9.17, 15) is 4.79 Å². The van der Waals surface area contributed by atoms with E-state index in [0.29, 0.717) is 24.3 Å². The summed E-state index contributed by atoms with van der Waals surface area (Å²) in [7, 11) is 0. The van der Waals surface area contributed by atoms with Gasteiger partial charge in [-0.1, -0.05) is 11.3 Å². The van der Waals surface area contributed by atoms with Gasteiger partial charge >= 0.3 is 0 Å². The molecule has 0 atom stereocenters. The van der Waals surface area contributed by atoms with Crippen LogP contribution in [0.5, 0.6) is 0 Å². The van der Waals surface area contributed by atoms with Crippen LogP contribution in [0.4, 0.5) is 5.69 Å². The molecule has 6 heteroatoms. The van der Waals surface area contributed by atoms with E-state index in [1.54, 1.807) is 35.3 Å². The lowest BCUT2D eigenvalue weighted by Gasteiger charge is -2.09. The molecule has 0 aliphatic rings. The van der Waals surface area contributed by atoms with Crippen molar-refractivity contribution in [2.45, 2.75) is 13.5 Å². The van der Waals surface area contributed by atoms with Crippen LogP contribution in [0.3, 0.4) is 0 Å². The van der Waals surface area contributed by atoms with Crippen LogP contribution in [0.1, 0.15) is 15.9 Å². The van der Waals surface area contributed by atoms with Gasteiger partial charge in [0, 0.05) is 24.0 Å². The first-order chi connectivity index (χ1) is 8.68. The van der Waals surface area contributed by atoms with Crippen molar-refractivity contribution in [1.82, 2.24) is 20.3 Å². The van der Waals surface area contributed by atoms with Crippen molar-refractivity contribution in [3.63, 3.8) is 0 Å². The molecule has 6 nitrogen and oxygen atoms in total. The van der Waals surface area contributed by atoms with Gasteiger partial charge in [-0.15, -0.1) is 5.10 Å². The highest BCUT2D eigenvalue weighted by molar-refractivity contribution is 5.96. The minimum atomic E-state index is -0.125. The number of aromatic nitrogens is 3. The molecule has 1 aromatic carbocycles. The first-order valence-electron chi connectivity index (χ1n) is 5.66. The number of anilines is 1. The van der Waals surface area contributed by atoms with Crippen LogP contribution in [-0.4, -0.2) is 27.4 Å². The first-order valence-corrected chi connectivity index (χ1v) is 5.66. The third-order valence-electron chi connectivity index (χ3n) is 2.72. The van der Waals surface area contributed by atoms with Gasteiger partial charge < -0.3 is 11.1 Å². The minimum absolute atomic E-state index is 0.125. The lowest BCUT2D eigenvalue weighted by Crippen LogP contribution is -2.28. The number of nitrogens with two attached hydrogens (primary N) is 1. The second-order valence-corrected chi connectivity index (χ2v) is 3.94. The van der Waals surface area contributed by atoms with E-state index in [1.165, 1.54) is 0 Å². The molecule has 2 aromatic rings. The van der Waals surface area contributed by atoms with Gasteiger partial charge in [-0.3, -0.25) is 9.48 Å². The van der Waals surface area contributed by atoms with Crippen LogP contribution < -0.4 is 11.1 Å². The lowest BCUT2D eigenvalue weighted by molar-refractivity contribution is 0.0951. The smallest absolute Gasteiger partial charge is 0.251 e. The Labute approximate surface area is 105 Å². The highest BCUT2D eigenvalue weighted by Gasteiger charge is 2.09. The van der Waals surface area contributed by atoms with Crippen LogP contribution in [0.15, 0.2) is 30.6 Å². The van der Waals surface area contributed by atoms with Crippen molar-refractivity contribution in [3.8, 4) is 0 Å². The molecule has 0 radical (unpaired) electrons. The van der Waals surface area contributed by atoms with Crippen LogP contribution in [0, 0.1) is 6.92 Å². The predicted molar refractivity (Wildman–Crippen MR) is 67.9 cm³/mol. The fourth-order valence-corrected chi connectivity index (χ4v) is 1.63. The molecule has 0 aliphatic heterocycles. The molecule has 0 unspecified atom stereocenters. The Balaban J connectivity index is 1.93. The van der Waals surface area contributed by atoms with E-state index in [4.69, 9.17) is 5.73 Å². The Morgan fingerprint density at radius 3 is 3.06 bits per heavy atom. The van der Waals surface area contributed by atoms with Crippen molar-refractivity contribution < 1.29 is 4.79 Å². The molecular weight excluding hydrogens is 230 g/mol. The van der Waals surface area contributed by atoms with E-state index in [-0.39, 0.29) is 5.91 Å². The Morgan fingerprint density at radius 2 is 2.33 bits per heavy atom. The molecule has 0 spiro atoms. The number of carbonyl (C=O) groups is 1. The monoisotopic (exact) mass is 245 g/mol. The summed E-state index contributed by atoms with van der Waals surface area (Å²) in [5.74, 6) is -0.125. The number of amides is 1. The van der Waals surface area contributed by atoms with Gasteiger partial charge in [0.2, 0.25) is 0 Å². The van der Waals surface area contributed by atoms with Crippen molar-refractivity contribution in [2.75, 3.05) is 12.3 Å². The SMILES string of the molecule is Cc1c(N)cccc1C(=O)NCCn1ccnn1. The fourth-order valence-electron chi connectivity index (χ4n) is 1.63. The van der Waals surface area contributed by atoms with Gasteiger partial charge in [0.05, 0.1) is 12.7 Å². The first kappa shape index (κ1) is 12.1. The second-order valence-electron chi connectivity index (χ2n) is 3.94. The average Bonchev–Trinajstić information content (AvgIpc) is 2.85. The topological polar surface area (TPSA) is 85.8 Å². The molecule has 2 rings (SSSR count). The van der Waals surface area contributed by atoms with Crippen molar-refractivity contribution in [2.24, 2.45) is 0 Å². The normalized spacial score (nSPS) is 10.3. The zero-order valence-corrected chi connectivity index (χ0v) is 10.1. The maximum atomic E-state index is 11.9. The molecule has 0 bridgehead atoms. The summed E-state index contributed by atoms with van der Waals surface area (Å²) in [5, 5.41) is 10.3. The van der Waals surface area contributed by atoms with Gasteiger partial charge in [0.15, 0.2) is 0 Å². The van der Waals surface area contributed by atoms with Crippen LogP contribution in [-0.2, 0) is 6.54 Å². The summed E-state index contributed by atoms with van der Waals surface area (Å²) in [6, 6.07) is 5.31. The Kier molecular flexibility index (Phi) is 3.57. The molecule has 1 heterocycles. The van der Waals surface area contributed by atoms with E-state index < -0.39 is 0 Å². The zero-order valence-electron chi connectivity index (χ0n) is 10.1. The summed E-state index contributed by atoms with van der Waals surface area (Å²) < 4.78 is 1.66. The Bertz CT molecular complexity index is 535. The molecule has 0 saturated heterocycles. The van der Waals surface area contributed by atoms with Crippen molar-refractivity contribution in [1.29, 1.82) is 0 Å². The van der Waals surface area contributed by atoms with Crippen LogP contribution in [0.2, 0.25) is 0 Å². The number of benzene rings is 1. The summed E-state index contributed by atoms with van der Waals surface area (Å²) in [6.07, 6.45) is 3.35. The number of carbonyl (C=O) groups excluding carboxylic acids is 1. The van der Waals surface area contributed by atoms with E-state index in [2.05, 4.69) is 15.6 Å². The number of nitrogens with one attached hydrogen (secondary N) is 1. The van der Waals surface area contributed by atoms with Gasteiger partial charge in [-0.05, 0) is 24.6 Å². The van der Waals surface area contributed by atoms with E-state index in [1.807, 2.05) is 6.92 Å². The second kappa shape index (κ2) is 5.31. The Hall–Kier alpha value is -2.37. The average molecular weight is 245 g/mol. The van der Waals surface area contributed by atoms with Crippen LogP contribution >= 0.6 is 0 Å². The third-order valence-corrected chi connectivity index (χ3v) is 2.72. The zero-order chi connectivity index (χ0) is 13.0. The van der Waals surface area contributed by atoms with Gasteiger partial charge in [-0.2, -0.15) is 0 Å². The minimum Gasteiger partial charge on any atom is -0.398 e. The molecule has 0 aliphatic carbocycles. The largest absolute Gasteiger partial charge is 0.398 e. The van der Waals surface area contributed by atoms with E-state index in [0.717, 1.165) is 5.56 Å². The number of rotatable bonds is 4. The van der Waals surface area contributed by atoms with Gasteiger partial charge in [-0.25, -0.2) is 0 Å². The fraction of sp³-hybridized carbons (Fsp3) is 0.250. The molecule has 18 heavy (non-hydrogen) atoms. The number of hydrogen-bond donors (Lipinski definition) is 2. The van der Waals surface area contributed by atoms with E-state index >= 15 is 0 Å². The molecule has 1 aromatic heterocycles. The molecule has 3 N–H and O–H groups in total. The van der Waals surface area contributed by atoms with Crippen molar-refractivity contribution in [3.05, 3.63) is 41.7 Å². The summed E-state index contributed by atoms with van der Waals surface area (Å²) in [5.41, 5.74) is 7.79. The van der Waals surface area contributed by atoms with Gasteiger partial charge in [0.1, 0.15) is 0 Å². The number of nitrogens with zero attached hydrogens (tertiary/aromatic N) is 3. The predicted octanol–water partition coefficient (Wildman–Crippen LogP) is 0.599. The molecule has 94 valence electrons. The molecule has 0 fully saturated rings. The van der Waals surface area contributed by atoms with Gasteiger partial charge in [0.25, 0.3) is 5.91 Å². The maximum Gasteiger partial charge on any atom is 0.251 e. The number of hydrogen-bond acceptors (Lipinski definition) is 4. The number of nitrogen functional groups attached to an aromatic ring is 1. The molecular formula is C12H15N5O. The highest BCUT2D eigenvalue weighted by Crippen LogP contribution is 2.14.